The Kier molecular flexibility index (Phi) is 5.16. The fourth-order valence-corrected chi connectivity index (χ4v) is 3.48. The van der Waals surface area contributed by atoms with E-state index >= 15 is 0 Å². The molecule has 1 saturated heterocycles. The number of amides is 2. The Morgan fingerprint density at radius 2 is 1.88 bits per heavy atom. The van der Waals surface area contributed by atoms with Crippen LogP contribution < -0.4 is 14.8 Å². The highest BCUT2D eigenvalue weighted by molar-refractivity contribution is 5.89. The molecule has 0 bridgehead atoms. The molecule has 0 unspecified atom stereocenters. The van der Waals surface area contributed by atoms with Crippen molar-refractivity contribution in [1.29, 1.82) is 0 Å². The number of nitrogens with one attached hydrogen (secondary N) is 1. The number of ether oxygens (including phenoxy) is 2. The van der Waals surface area contributed by atoms with Gasteiger partial charge in [0.15, 0.2) is 11.5 Å². The highest BCUT2D eigenvalue weighted by Crippen LogP contribution is 2.32. The summed E-state index contributed by atoms with van der Waals surface area (Å²) in [5.41, 5.74) is 0.952. The third kappa shape index (κ3) is 3.72. The van der Waals surface area contributed by atoms with Crippen LogP contribution in [0.15, 0.2) is 18.2 Å². The number of hydrogen-bond acceptors (Lipinski definition) is 4. The predicted molar refractivity (Wildman–Crippen MR) is 93.6 cm³/mol. The molecule has 6 heteroatoms. The minimum Gasteiger partial charge on any atom is -0.486 e. The summed E-state index contributed by atoms with van der Waals surface area (Å²) in [7, 11) is 0. The predicted octanol–water partition coefficient (Wildman–Crippen LogP) is 2.28. The number of carbonyl (C=O) groups is 2. The smallest absolute Gasteiger partial charge is 0.243 e. The molecule has 136 valence electrons. The van der Waals surface area contributed by atoms with E-state index in [-0.39, 0.29) is 23.8 Å². The summed E-state index contributed by atoms with van der Waals surface area (Å²) >= 11 is 0. The molecule has 2 aliphatic rings. The Morgan fingerprint density at radius 1 is 1.16 bits per heavy atom. The van der Waals surface area contributed by atoms with E-state index < -0.39 is 6.04 Å². The molecule has 3 rings (SSSR count). The van der Waals surface area contributed by atoms with Crippen molar-refractivity contribution in [3.8, 4) is 11.5 Å². The fourth-order valence-electron chi connectivity index (χ4n) is 3.48. The molecule has 0 saturated carbocycles. The molecule has 6 nitrogen and oxygen atoms in total. The van der Waals surface area contributed by atoms with Gasteiger partial charge >= 0.3 is 0 Å². The maximum absolute atomic E-state index is 12.8. The molecule has 0 aromatic heterocycles. The van der Waals surface area contributed by atoms with Gasteiger partial charge in [0.05, 0.1) is 6.04 Å². The summed E-state index contributed by atoms with van der Waals surface area (Å²) in [5.74, 6) is 1.47. The average molecular weight is 346 g/mol. The highest BCUT2D eigenvalue weighted by Gasteiger charge is 2.35. The summed E-state index contributed by atoms with van der Waals surface area (Å²) in [5, 5.41) is 3.05. The third-order valence-electron chi connectivity index (χ3n) is 4.77. The van der Waals surface area contributed by atoms with Gasteiger partial charge in [0.1, 0.15) is 19.3 Å². The fraction of sp³-hybridized carbons (Fsp3) is 0.579. The van der Waals surface area contributed by atoms with Gasteiger partial charge in [-0.3, -0.25) is 9.59 Å². The number of fused-ring (bicyclic) bond motifs is 1. The van der Waals surface area contributed by atoms with E-state index in [0.717, 1.165) is 17.7 Å². The van der Waals surface area contributed by atoms with Gasteiger partial charge in [0.25, 0.3) is 0 Å². The van der Waals surface area contributed by atoms with Crippen LogP contribution in [0.4, 0.5) is 0 Å². The normalized spacial score (nSPS) is 19.0. The van der Waals surface area contributed by atoms with Gasteiger partial charge in [0.2, 0.25) is 11.8 Å². The SMILES string of the molecule is CC(C)[C@@H](C(=O)N[C@@H](C)c1ccc2c(c1)OCCO2)N1CCCC1=O. The third-order valence-corrected chi connectivity index (χ3v) is 4.77. The number of carbonyl (C=O) groups excluding carboxylic acids is 2. The molecule has 1 fully saturated rings. The number of nitrogens with zero attached hydrogens (tertiary/aromatic N) is 1. The Balaban J connectivity index is 1.71. The van der Waals surface area contributed by atoms with Crippen LogP contribution in [0.5, 0.6) is 11.5 Å². The topological polar surface area (TPSA) is 67.9 Å². The van der Waals surface area contributed by atoms with Crippen molar-refractivity contribution >= 4 is 11.8 Å². The molecule has 1 aromatic carbocycles. The first-order valence-corrected chi connectivity index (χ1v) is 8.96. The van der Waals surface area contributed by atoms with E-state index in [0.29, 0.717) is 31.9 Å². The molecule has 0 radical (unpaired) electrons. The Morgan fingerprint density at radius 3 is 2.52 bits per heavy atom. The van der Waals surface area contributed by atoms with Crippen molar-refractivity contribution in [2.45, 2.75) is 45.7 Å². The van der Waals surface area contributed by atoms with Crippen molar-refractivity contribution in [3.63, 3.8) is 0 Å². The van der Waals surface area contributed by atoms with Crippen LogP contribution in [0.1, 0.15) is 45.2 Å². The second kappa shape index (κ2) is 7.33. The maximum atomic E-state index is 12.8. The zero-order chi connectivity index (χ0) is 18.0. The second-order valence-electron chi connectivity index (χ2n) is 7.01. The van der Waals surface area contributed by atoms with Gasteiger partial charge < -0.3 is 19.7 Å². The van der Waals surface area contributed by atoms with E-state index in [1.165, 1.54) is 0 Å². The summed E-state index contributed by atoms with van der Waals surface area (Å²) in [6.45, 7) is 7.64. The molecular formula is C19H26N2O4. The van der Waals surface area contributed by atoms with Crippen LogP contribution in [-0.4, -0.2) is 42.5 Å². The average Bonchev–Trinajstić information content (AvgIpc) is 3.00. The van der Waals surface area contributed by atoms with Crippen molar-refractivity contribution in [3.05, 3.63) is 23.8 Å². The molecule has 0 aliphatic carbocycles. The standard InChI is InChI=1S/C19H26N2O4/c1-12(2)18(21-8-4-5-17(21)22)19(23)20-13(3)14-6-7-15-16(11-14)25-10-9-24-15/h6-7,11-13,18H,4-5,8-10H2,1-3H3,(H,20,23)/t13-,18-/m0/s1. The highest BCUT2D eigenvalue weighted by atomic mass is 16.6. The first-order valence-electron chi connectivity index (χ1n) is 8.96. The van der Waals surface area contributed by atoms with E-state index in [4.69, 9.17) is 9.47 Å². The zero-order valence-corrected chi connectivity index (χ0v) is 15.1. The van der Waals surface area contributed by atoms with Crippen LogP contribution in [-0.2, 0) is 9.59 Å². The van der Waals surface area contributed by atoms with Crippen molar-refractivity contribution in [2.24, 2.45) is 5.92 Å². The number of likely N-dealkylation sites (tertiary alicyclic amines) is 1. The lowest BCUT2D eigenvalue weighted by atomic mass is 10.0. The van der Waals surface area contributed by atoms with E-state index in [1.807, 2.05) is 39.0 Å². The molecule has 2 amide bonds. The summed E-state index contributed by atoms with van der Waals surface area (Å²) in [4.78, 5) is 26.6. The number of benzene rings is 1. The van der Waals surface area contributed by atoms with E-state index in [1.54, 1.807) is 4.90 Å². The minimum atomic E-state index is -0.422. The zero-order valence-electron chi connectivity index (χ0n) is 15.1. The van der Waals surface area contributed by atoms with Crippen molar-refractivity contribution in [1.82, 2.24) is 10.2 Å². The maximum Gasteiger partial charge on any atom is 0.243 e. The van der Waals surface area contributed by atoms with Crippen LogP contribution in [0.3, 0.4) is 0 Å². The number of hydrogen-bond donors (Lipinski definition) is 1. The molecule has 1 N–H and O–H groups in total. The largest absolute Gasteiger partial charge is 0.486 e. The second-order valence-corrected chi connectivity index (χ2v) is 7.01. The molecule has 2 heterocycles. The van der Waals surface area contributed by atoms with Gasteiger partial charge in [-0.1, -0.05) is 19.9 Å². The molecule has 25 heavy (non-hydrogen) atoms. The van der Waals surface area contributed by atoms with Gasteiger partial charge in [-0.05, 0) is 37.0 Å². The summed E-state index contributed by atoms with van der Waals surface area (Å²) in [6, 6.07) is 5.11. The lowest BCUT2D eigenvalue weighted by Gasteiger charge is -2.31. The molecule has 2 aliphatic heterocycles. The van der Waals surface area contributed by atoms with Crippen LogP contribution >= 0.6 is 0 Å². The van der Waals surface area contributed by atoms with Gasteiger partial charge in [-0.15, -0.1) is 0 Å². The Labute approximate surface area is 148 Å². The molecule has 1 aromatic rings. The molecule has 2 atom stereocenters. The monoisotopic (exact) mass is 346 g/mol. The molecular weight excluding hydrogens is 320 g/mol. The van der Waals surface area contributed by atoms with Crippen LogP contribution in [0.2, 0.25) is 0 Å². The van der Waals surface area contributed by atoms with Crippen LogP contribution in [0.25, 0.3) is 0 Å². The van der Waals surface area contributed by atoms with Crippen molar-refractivity contribution < 1.29 is 19.1 Å². The van der Waals surface area contributed by atoms with Gasteiger partial charge in [0, 0.05) is 13.0 Å². The lowest BCUT2D eigenvalue weighted by Crippen LogP contribution is -2.50. The number of rotatable bonds is 5. The minimum absolute atomic E-state index is 0.0644. The Hall–Kier alpha value is -2.24. The van der Waals surface area contributed by atoms with E-state index in [9.17, 15) is 9.59 Å². The quantitative estimate of drug-likeness (QED) is 0.888. The molecule has 0 spiro atoms. The first-order chi connectivity index (χ1) is 12.0. The van der Waals surface area contributed by atoms with Gasteiger partial charge in [-0.25, -0.2) is 0 Å². The van der Waals surface area contributed by atoms with Crippen molar-refractivity contribution in [2.75, 3.05) is 19.8 Å². The first kappa shape index (κ1) is 17.6. The van der Waals surface area contributed by atoms with E-state index in [2.05, 4.69) is 5.32 Å². The summed E-state index contributed by atoms with van der Waals surface area (Å²) < 4.78 is 11.1. The van der Waals surface area contributed by atoms with Gasteiger partial charge in [-0.2, -0.15) is 0 Å². The summed E-state index contributed by atoms with van der Waals surface area (Å²) in [6.07, 6.45) is 1.36. The Bertz CT molecular complexity index is 659. The van der Waals surface area contributed by atoms with Crippen LogP contribution in [0, 0.1) is 5.92 Å². The lowest BCUT2D eigenvalue weighted by molar-refractivity contribution is -0.139.